The number of nitrogens with one attached hydrogen (secondary N) is 1. The molecule has 1 aliphatic heterocycles. The molecule has 1 heterocycles. The Hall–Kier alpha value is -2.50. The van der Waals surface area contributed by atoms with Crippen molar-refractivity contribution in [2.24, 2.45) is 0 Å². The highest BCUT2D eigenvalue weighted by Crippen LogP contribution is 2.34. The van der Waals surface area contributed by atoms with Crippen LogP contribution in [-0.4, -0.2) is 62.5 Å². The first kappa shape index (κ1) is 21.2. The molecule has 1 aliphatic rings. The molecule has 0 spiro atoms. The first-order valence-electron chi connectivity index (χ1n) is 8.69. The van der Waals surface area contributed by atoms with Crippen molar-refractivity contribution in [2.45, 2.75) is 9.79 Å². The molecule has 0 atom stereocenters. The lowest BCUT2D eigenvalue weighted by Gasteiger charge is -2.21. The summed E-state index contributed by atoms with van der Waals surface area (Å²) < 4.78 is 65.3. The highest BCUT2D eigenvalue weighted by molar-refractivity contribution is 7.92. The molecule has 0 fully saturated rings. The second kappa shape index (κ2) is 7.73. The molecule has 9 nitrogen and oxygen atoms in total. The lowest BCUT2D eigenvalue weighted by Crippen LogP contribution is -2.23. The summed E-state index contributed by atoms with van der Waals surface area (Å²) in [5.41, 5.74) is 0.664. The maximum Gasteiger partial charge on any atom is 0.262 e. The van der Waals surface area contributed by atoms with Crippen LogP contribution in [0.3, 0.4) is 0 Å². The number of sulfonamides is 2. The van der Waals surface area contributed by atoms with Crippen LogP contribution in [0.15, 0.2) is 46.2 Å². The fraction of sp³-hybridized carbons (Fsp3) is 0.333. The summed E-state index contributed by atoms with van der Waals surface area (Å²) in [5, 5.41) is 0. The van der Waals surface area contributed by atoms with Crippen LogP contribution in [0.2, 0.25) is 0 Å². The van der Waals surface area contributed by atoms with Gasteiger partial charge in [0.1, 0.15) is 13.2 Å². The molecule has 2 aromatic carbocycles. The van der Waals surface area contributed by atoms with E-state index < -0.39 is 20.0 Å². The minimum atomic E-state index is -4.01. The summed E-state index contributed by atoms with van der Waals surface area (Å²) in [6.45, 7) is 0.732. The van der Waals surface area contributed by atoms with Crippen molar-refractivity contribution in [1.29, 1.82) is 0 Å². The van der Waals surface area contributed by atoms with Crippen LogP contribution in [0.4, 0.5) is 11.4 Å². The number of hydrogen-bond donors (Lipinski definition) is 1. The fourth-order valence-electron chi connectivity index (χ4n) is 2.75. The zero-order chi connectivity index (χ0) is 21.4. The quantitative estimate of drug-likeness (QED) is 0.725. The van der Waals surface area contributed by atoms with Gasteiger partial charge >= 0.3 is 0 Å². The van der Waals surface area contributed by atoms with E-state index in [1.165, 1.54) is 44.4 Å². The molecule has 0 unspecified atom stereocenters. The molecule has 1 N–H and O–H groups in total. The van der Waals surface area contributed by atoms with Gasteiger partial charge in [-0.2, -0.15) is 0 Å². The number of fused-ring (bicyclic) bond motifs is 1. The van der Waals surface area contributed by atoms with Gasteiger partial charge < -0.3 is 14.4 Å². The number of benzene rings is 2. The van der Waals surface area contributed by atoms with Gasteiger partial charge in [0, 0.05) is 34.3 Å². The highest BCUT2D eigenvalue weighted by Gasteiger charge is 2.24. The third-order valence-corrected chi connectivity index (χ3v) is 7.47. The Morgan fingerprint density at radius 3 is 2.07 bits per heavy atom. The second-order valence-corrected chi connectivity index (χ2v) is 10.6. The maximum atomic E-state index is 13.0. The van der Waals surface area contributed by atoms with Crippen molar-refractivity contribution in [1.82, 2.24) is 4.31 Å². The van der Waals surface area contributed by atoms with Gasteiger partial charge in [0.25, 0.3) is 10.0 Å². The topological polar surface area (TPSA) is 105 Å². The molecule has 158 valence electrons. The van der Waals surface area contributed by atoms with Crippen LogP contribution in [0.25, 0.3) is 0 Å². The SMILES string of the molecule is CN(C)c1ccc(S(=O)(=O)N(C)C)cc1NS(=O)(=O)c1ccc2c(c1)OCCO2. The van der Waals surface area contributed by atoms with Gasteiger partial charge in [-0.3, -0.25) is 4.72 Å². The maximum absolute atomic E-state index is 13.0. The molecule has 2 aromatic rings. The van der Waals surface area contributed by atoms with Crippen LogP contribution in [0.1, 0.15) is 0 Å². The number of anilines is 2. The Morgan fingerprint density at radius 1 is 0.828 bits per heavy atom. The molecule has 0 aliphatic carbocycles. The summed E-state index contributed by atoms with van der Waals surface area (Å²) in [5.74, 6) is 0.819. The molecule has 0 bridgehead atoms. The molecule has 0 aromatic heterocycles. The predicted molar refractivity (Wildman–Crippen MR) is 110 cm³/mol. The van der Waals surface area contributed by atoms with Gasteiger partial charge in [-0.15, -0.1) is 0 Å². The van der Waals surface area contributed by atoms with E-state index in [0.29, 0.717) is 30.4 Å². The Balaban J connectivity index is 2.03. The Labute approximate surface area is 170 Å². The van der Waals surface area contributed by atoms with E-state index in [2.05, 4.69) is 4.72 Å². The Morgan fingerprint density at radius 2 is 1.45 bits per heavy atom. The molecular weight excluding hydrogens is 418 g/mol. The largest absolute Gasteiger partial charge is 0.486 e. The van der Waals surface area contributed by atoms with Crippen molar-refractivity contribution in [2.75, 3.05) is 51.0 Å². The van der Waals surface area contributed by atoms with E-state index in [0.717, 1.165) is 4.31 Å². The molecule has 0 radical (unpaired) electrons. The van der Waals surface area contributed by atoms with Crippen LogP contribution < -0.4 is 19.1 Å². The monoisotopic (exact) mass is 441 g/mol. The number of rotatable bonds is 6. The van der Waals surface area contributed by atoms with Crippen LogP contribution in [0, 0.1) is 0 Å². The first-order chi connectivity index (χ1) is 13.5. The molecule has 0 saturated heterocycles. The number of hydrogen-bond acceptors (Lipinski definition) is 7. The third kappa shape index (κ3) is 4.26. The Kier molecular flexibility index (Phi) is 5.65. The molecule has 0 saturated carbocycles. The second-order valence-electron chi connectivity index (χ2n) is 6.77. The summed E-state index contributed by atoms with van der Waals surface area (Å²) in [4.78, 5) is 1.65. The smallest absolute Gasteiger partial charge is 0.262 e. The van der Waals surface area contributed by atoms with Gasteiger partial charge in [0.05, 0.1) is 21.2 Å². The lowest BCUT2D eigenvalue weighted by atomic mass is 10.2. The standard InChI is InChI=1S/C18H23N3O6S2/c1-20(2)16-7-5-14(29(24,25)21(3)4)11-15(16)19-28(22,23)13-6-8-17-18(12-13)27-10-9-26-17/h5-8,11-12,19H,9-10H2,1-4H3. The summed E-state index contributed by atoms with van der Waals surface area (Å²) >= 11 is 0. The summed E-state index contributed by atoms with van der Waals surface area (Å²) in [6.07, 6.45) is 0. The van der Waals surface area contributed by atoms with Gasteiger partial charge in [0.15, 0.2) is 11.5 Å². The zero-order valence-electron chi connectivity index (χ0n) is 16.5. The van der Waals surface area contributed by atoms with Crippen molar-refractivity contribution in [3.63, 3.8) is 0 Å². The third-order valence-electron chi connectivity index (χ3n) is 4.30. The zero-order valence-corrected chi connectivity index (χ0v) is 18.2. The van der Waals surface area contributed by atoms with Crippen molar-refractivity contribution >= 4 is 31.4 Å². The van der Waals surface area contributed by atoms with E-state index in [9.17, 15) is 16.8 Å². The van der Waals surface area contributed by atoms with E-state index in [-0.39, 0.29) is 15.5 Å². The normalized spacial score (nSPS) is 14.0. The minimum Gasteiger partial charge on any atom is -0.486 e. The molecule has 3 rings (SSSR count). The van der Waals surface area contributed by atoms with E-state index in [1.807, 2.05) is 0 Å². The van der Waals surface area contributed by atoms with Gasteiger partial charge in [-0.25, -0.2) is 21.1 Å². The predicted octanol–water partition coefficient (Wildman–Crippen LogP) is 1.57. The van der Waals surface area contributed by atoms with Gasteiger partial charge in [-0.1, -0.05) is 0 Å². The van der Waals surface area contributed by atoms with Gasteiger partial charge in [-0.05, 0) is 30.3 Å². The van der Waals surface area contributed by atoms with E-state index in [1.54, 1.807) is 25.1 Å². The van der Waals surface area contributed by atoms with Crippen LogP contribution >= 0.6 is 0 Å². The highest BCUT2D eigenvalue weighted by atomic mass is 32.2. The van der Waals surface area contributed by atoms with Crippen LogP contribution in [0.5, 0.6) is 11.5 Å². The number of nitrogens with zero attached hydrogens (tertiary/aromatic N) is 2. The number of ether oxygens (including phenoxy) is 2. The van der Waals surface area contributed by atoms with Crippen molar-refractivity contribution < 1.29 is 26.3 Å². The van der Waals surface area contributed by atoms with E-state index >= 15 is 0 Å². The lowest BCUT2D eigenvalue weighted by molar-refractivity contribution is 0.171. The Bertz CT molecular complexity index is 1130. The van der Waals surface area contributed by atoms with Crippen molar-refractivity contribution in [3.8, 4) is 11.5 Å². The van der Waals surface area contributed by atoms with E-state index in [4.69, 9.17) is 9.47 Å². The van der Waals surface area contributed by atoms with Gasteiger partial charge in [0.2, 0.25) is 10.0 Å². The first-order valence-corrected chi connectivity index (χ1v) is 11.6. The van der Waals surface area contributed by atoms with Crippen LogP contribution in [-0.2, 0) is 20.0 Å². The average Bonchev–Trinajstić information content (AvgIpc) is 2.66. The molecule has 0 amide bonds. The minimum absolute atomic E-state index is 0.0204. The fourth-order valence-corrected chi connectivity index (χ4v) is 4.76. The van der Waals surface area contributed by atoms with Crippen molar-refractivity contribution in [3.05, 3.63) is 36.4 Å². The molecule has 11 heteroatoms. The summed E-state index contributed by atoms with van der Waals surface area (Å²) in [6, 6.07) is 8.62. The molecule has 29 heavy (non-hydrogen) atoms. The molecular formula is C18H23N3O6S2. The average molecular weight is 442 g/mol. The summed E-state index contributed by atoms with van der Waals surface area (Å²) in [7, 11) is -1.45.